The van der Waals surface area contributed by atoms with Crippen molar-refractivity contribution >= 4 is 6.08 Å². The maximum Gasteiger partial charge on any atom is 0.140 e. The Morgan fingerprint density at radius 3 is 2.73 bits per heavy atom. The van der Waals surface area contributed by atoms with Gasteiger partial charge in [-0.15, -0.1) is 0 Å². The van der Waals surface area contributed by atoms with Crippen molar-refractivity contribution in [3.05, 3.63) is 41.0 Å². The van der Waals surface area contributed by atoms with Crippen molar-refractivity contribution in [2.24, 2.45) is 0 Å². The maximum atomic E-state index is 11.4. The van der Waals surface area contributed by atoms with E-state index in [0.29, 0.717) is 0 Å². The number of benzene rings is 1. The average molecular weight is 145 g/mol. The molecule has 0 bridgehead atoms. The van der Waals surface area contributed by atoms with E-state index in [2.05, 4.69) is 0 Å². The Morgan fingerprint density at radius 1 is 1.27 bits per heavy atom. The van der Waals surface area contributed by atoms with Gasteiger partial charge >= 0.3 is 0 Å². The van der Waals surface area contributed by atoms with E-state index < -0.39 is 6.10 Å². The fourth-order valence-corrected chi connectivity index (χ4v) is 1.45. The van der Waals surface area contributed by atoms with E-state index in [1.54, 1.807) is 0 Å². The monoisotopic (exact) mass is 145 g/mol. The van der Waals surface area contributed by atoms with Crippen LogP contribution < -0.4 is 0 Å². The maximum absolute atomic E-state index is 11.4. The van der Waals surface area contributed by atoms with E-state index in [1.807, 2.05) is 37.3 Å². The van der Waals surface area contributed by atoms with Gasteiger partial charge in [-0.2, -0.15) is 0 Å². The number of fused-ring (bicyclic) bond motifs is 1. The molecule has 0 heterocycles. The highest BCUT2D eigenvalue weighted by molar-refractivity contribution is 5.64. The molecule has 0 aromatic heterocycles. The minimum Gasteiger partial charge on any atom is -0.223 e. The molecule has 1 aliphatic rings. The molecule has 0 saturated heterocycles. The van der Waals surface area contributed by atoms with Crippen molar-refractivity contribution < 1.29 is 5.11 Å². The summed E-state index contributed by atoms with van der Waals surface area (Å²) < 4.78 is 0. The molecule has 1 nitrogen and oxygen atoms in total. The Hall–Kier alpha value is -1.08. The Morgan fingerprint density at radius 2 is 2.00 bits per heavy atom. The Balaban J connectivity index is 2.58. The quantitative estimate of drug-likeness (QED) is 0.534. The predicted molar refractivity (Wildman–Crippen MR) is 43.5 cm³/mol. The van der Waals surface area contributed by atoms with Crippen molar-refractivity contribution in [3.8, 4) is 0 Å². The molecule has 1 aromatic carbocycles. The minimum absolute atomic E-state index is 0.619. The third-order valence-electron chi connectivity index (χ3n) is 2.08. The summed E-state index contributed by atoms with van der Waals surface area (Å²) in [4.78, 5) is 0. The lowest BCUT2D eigenvalue weighted by Crippen LogP contribution is -1.91. The molecule has 0 N–H and O–H groups in total. The normalized spacial score (nSPS) is 21.3. The van der Waals surface area contributed by atoms with Crippen LogP contribution in [0.4, 0.5) is 0 Å². The van der Waals surface area contributed by atoms with E-state index in [9.17, 15) is 5.11 Å². The molecule has 1 aliphatic carbocycles. The van der Waals surface area contributed by atoms with Gasteiger partial charge in [0, 0.05) is 0 Å². The Labute approximate surface area is 66.0 Å². The second-order valence-electron chi connectivity index (χ2n) is 2.90. The molecule has 55 valence electrons. The molecular formula is C10H9O. The summed E-state index contributed by atoms with van der Waals surface area (Å²) in [5.74, 6) is 0. The lowest BCUT2D eigenvalue weighted by molar-refractivity contribution is 0.124. The largest absolute Gasteiger partial charge is 0.223 e. The molecule has 0 aliphatic heterocycles. The summed E-state index contributed by atoms with van der Waals surface area (Å²) in [6.07, 6.45) is 1.35. The van der Waals surface area contributed by atoms with Gasteiger partial charge in [0.2, 0.25) is 0 Å². The molecule has 2 rings (SSSR count). The van der Waals surface area contributed by atoms with Crippen molar-refractivity contribution in [1.82, 2.24) is 0 Å². The van der Waals surface area contributed by atoms with Crippen molar-refractivity contribution in [1.29, 1.82) is 0 Å². The number of rotatable bonds is 0. The highest BCUT2D eigenvalue weighted by Gasteiger charge is 2.19. The van der Waals surface area contributed by atoms with Crippen LogP contribution in [0.15, 0.2) is 29.8 Å². The second kappa shape index (κ2) is 2.21. The van der Waals surface area contributed by atoms with E-state index in [-0.39, 0.29) is 0 Å². The number of hydrogen-bond acceptors (Lipinski definition) is 0. The van der Waals surface area contributed by atoms with Gasteiger partial charge in [0.25, 0.3) is 0 Å². The molecule has 0 amide bonds. The summed E-state index contributed by atoms with van der Waals surface area (Å²) in [7, 11) is 0. The molecule has 1 unspecified atom stereocenters. The van der Waals surface area contributed by atoms with Crippen LogP contribution in [0.1, 0.15) is 24.2 Å². The van der Waals surface area contributed by atoms with E-state index in [0.717, 1.165) is 16.7 Å². The van der Waals surface area contributed by atoms with E-state index >= 15 is 0 Å². The molecule has 1 aromatic rings. The zero-order valence-electron chi connectivity index (χ0n) is 6.37. The summed E-state index contributed by atoms with van der Waals surface area (Å²) in [5, 5.41) is 11.4. The van der Waals surface area contributed by atoms with Gasteiger partial charge in [0.05, 0.1) is 0 Å². The molecule has 0 spiro atoms. The van der Waals surface area contributed by atoms with Gasteiger partial charge in [0.1, 0.15) is 6.10 Å². The smallest absolute Gasteiger partial charge is 0.140 e. The van der Waals surface area contributed by atoms with Gasteiger partial charge < -0.3 is 0 Å². The summed E-state index contributed by atoms with van der Waals surface area (Å²) in [6.45, 7) is 1.89. The van der Waals surface area contributed by atoms with E-state index in [1.165, 1.54) is 0 Å². The Kier molecular flexibility index (Phi) is 1.33. The van der Waals surface area contributed by atoms with Crippen LogP contribution in [-0.2, 0) is 5.11 Å². The lowest BCUT2D eigenvalue weighted by Gasteiger charge is -2.01. The van der Waals surface area contributed by atoms with Gasteiger partial charge in [-0.3, -0.25) is 0 Å². The van der Waals surface area contributed by atoms with Crippen LogP contribution in [0.2, 0.25) is 0 Å². The van der Waals surface area contributed by atoms with Crippen LogP contribution in [0.5, 0.6) is 0 Å². The van der Waals surface area contributed by atoms with Crippen LogP contribution in [0.25, 0.3) is 6.08 Å². The fraction of sp³-hybridized carbons (Fsp3) is 0.200. The van der Waals surface area contributed by atoms with Crippen LogP contribution >= 0.6 is 0 Å². The van der Waals surface area contributed by atoms with Crippen molar-refractivity contribution in [2.45, 2.75) is 13.0 Å². The molecule has 1 heteroatoms. The van der Waals surface area contributed by atoms with Crippen molar-refractivity contribution in [2.75, 3.05) is 0 Å². The van der Waals surface area contributed by atoms with Crippen LogP contribution in [0, 0.1) is 0 Å². The second-order valence-corrected chi connectivity index (χ2v) is 2.90. The average Bonchev–Trinajstić information content (AvgIpc) is 2.30. The third kappa shape index (κ3) is 0.889. The zero-order valence-corrected chi connectivity index (χ0v) is 6.37. The molecule has 0 fully saturated rings. The summed E-state index contributed by atoms with van der Waals surface area (Å²) in [6, 6.07) is 7.76. The van der Waals surface area contributed by atoms with Gasteiger partial charge in [-0.1, -0.05) is 30.3 Å². The van der Waals surface area contributed by atoms with Gasteiger partial charge in [-0.05, 0) is 23.6 Å². The fourth-order valence-electron chi connectivity index (χ4n) is 1.45. The highest BCUT2D eigenvalue weighted by atomic mass is 16.3. The predicted octanol–water partition coefficient (Wildman–Crippen LogP) is 2.58. The first kappa shape index (κ1) is 6.62. The Bertz CT molecular complexity index is 312. The molecule has 1 atom stereocenters. The molecular weight excluding hydrogens is 136 g/mol. The first-order valence-electron chi connectivity index (χ1n) is 3.72. The third-order valence-corrected chi connectivity index (χ3v) is 2.08. The summed E-state index contributed by atoms with van der Waals surface area (Å²) in [5.41, 5.74) is 2.93. The number of hydrogen-bond donors (Lipinski definition) is 0. The SMILES string of the molecule is CC1=Cc2ccccc2C1[O]. The van der Waals surface area contributed by atoms with Gasteiger partial charge in [0.15, 0.2) is 0 Å². The van der Waals surface area contributed by atoms with Gasteiger partial charge in [-0.25, -0.2) is 5.11 Å². The van der Waals surface area contributed by atoms with Crippen LogP contribution in [0.3, 0.4) is 0 Å². The molecule has 1 radical (unpaired) electrons. The zero-order chi connectivity index (χ0) is 7.84. The highest BCUT2D eigenvalue weighted by Crippen LogP contribution is 2.33. The lowest BCUT2D eigenvalue weighted by atomic mass is 10.1. The van der Waals surface area contributed by atoms with Crippen molar-refractivity contribution in [3.63, 3.8) is 0 Å². The molecule has 11 heavy (non-hydrogen) atoms. The first-order valence-corrected chi connectivity index (χ1v) is 3.72. The summed E-state index contributed by atoms with van der Waals surface area (Å²) >= 11 is 0. The standard InChI is InChI=1S/C10H9O/c1-7-6-8-4-2-3-5-9(8)10(7)11/h2-6,10H,1H3. The minimum atomic E-state index is -0.619. The topological polar surface area (TPSA) is 19.9 Å². The van der Waals surface area contributed by atoms with E-state index in [4.69, 9.17) is 0 Å². The first-order chi connectivity index (χ1) is 5.29. The van der Waals surface area contributed by atoms with Crippen LogP contribution in [-0.4, -0.2) is 0 Å². The molecule has 0 saturated carbocycles.